The van der Waals surface area contributed by atoms with E-state index < -0.39 is 6.10 Å². The van der Waals surface area contributed by atoms with Crippen LogP contribution < -0.4 is 4.74 Å². The highest BCUT2D eigenvalue weighted by Crippen LogP contribution is 2.19. The lowest BCUT2D eigenvalue weighted by molar-refractivity contribution is 0.101. The molecule has 2 aromatic carbocycles. The third-order valence-electron chi connectivity index (χ3n) is 3.55. The summed E-state index contributed by atoms with van der Waals surface area (Å²) in [7, 11) is 0. The molecule has 1 N–H and O–H groups in total. The fourth-order valence-electron chi connectivity index (χ4n) is 2.20. The summed E-state index contributed by atoms with van der Waals surface area (Å²) >= 11 is 1.35. The van der Waals surface area contributed by atoms with Crippen LogP contribution in [0.4, 0.5) is 0 Å². The average molecular weight is 370 g/mol. The quantitative estimate of drug-likeness (QED) is 0.481. The van der Waals surface area contributed by atoms with Crippen LogP contribution in [0.1, 0.15) is 17.3 Å². The molecule has 0 saturated carbocycles. The molecule has 0 saturated heterocycles. The number of hydrogen-bond acceptors (Lipinski definition) is 7. The van der Waals surface area contributed by atoms with E-state index in [1.54, 1.807) is 28.9 Å². The number of carbonyl (C=O) groups is 1. The first-order chi connectivity index (χ1) is 12.6. The standard InChI is InChI=1S/C18H18N4O3S/c1-13(23)14-7-9-17(10-8-14)25-11-16(24)12-26-18-19-20-21-22(18)15-5-3-2-4-6-15/h2-10,16,24H,11-12H2,1H3/t16-/m0/s1. The second-order valence-electron chi connectivity index (χ2n) is 5.57. The largest absolute Gasteiger partial charge is 0.491 e. The number of thioether (sulfide) groups is 1. The first-order valence-corrected chi connectivity index (χ1v) is 9.00. The Morgan fingerprint density at radius 3 is 2.62 bits per heavy atom. The Bertz CT molecular complexity index is 852. The number of rotatable bonds is 8. The summed E-state index contributed by atoms with van der Waals surface area (Å²) in [5.41, 5.74) is 1.48. The predicted octanol–water partition coefficient (Wildman–Crippen LogP) is 2.40. The second-order valence-corrected chi connectivity index (χ2v) is 6.55. The van der Waals surface area contributed by atoms with Gasteiger partial charge in [-0.15, -0.1) is 5.10 Å². The van der Waals surface area contributed by atoms with Crippen LogP contribution in [0.5, 0.6) is 5.75 Å². The number of hydrogen-bond donors (Lipinski definition) is 1. The third kappa shape index (κ3) is 4.68. The number of ether oxygens (including phenoxy) is 1. The molecular weight excluding hydrogens is 352 g/mol. The number of aromatic nitrogens is 4. The van der Waals surface area contributed by atoms with Gasteiger partial charge in [-0.25, -0.2) is 0 Å². The molecule has 0 unspecified atom stereocenters. The Labute approximate surface area is 155 Å². The zero-order valence-corrected chi connectivity index (χ0v) is 15.0. The third-order valence-corrected chi connectivity index (χ3v) is 4.61. The Kier molecular flexibility index (Phi) is 5.98. The van der Waals surface area contributed by atoms with Gasteiger partial charge in [0.05, 0.1) is 11.8 Å². The van der Waals surface area contributed by atoms with Crippen molar-refractivity contribution < 1.29 is 14.6 Å². The lowest BCUT2D eigenvalue weighted by Gasteiger charge is -2.12. The number of carbonyl (C=O) groups excluding carboxylic acids is 1. The number of aliphatic hydroxyl groups excluding tert-OH is 1. The molecule has 1 atom stereocenters. The summed E-state index contributed by atoms with van der Waals surface area (Å²) in [6.07, 6.45) is -0.687. The number of benzene rings is 2. The van der Waals surface area contributed by atoms with Crippen LogP contribution in [-0.2, 0) is 0 Å². The molecule has 0 aliphatic heterocycles. The number of aliphatic hydroxyl groups is 1. The molecule has 1 aromatic heterocycles. The zero-order valence-electron chi connectivity index (χ0n) is 14.1. The van der Waals surface area contributed by atoms with Gasteiger partial charge in [-0.05, 0) is 53.7 Å². The van der Waals surface area contributed by atoms with E-state index in [4.69, 9.17) is 4.74 Å². The van der Waals surface area contributed by atoms with Crippen molar-refractivity contribution in [3.05, 3.63) is 60.2 Å². The summed E-state index contributed by atoms with van der Waals surface area (Å²) in [5.74, 6) is 0.996. The molecule has 26 heavy (non-hydrogen) atoms. The maximum atomic E-state index is 11.2. The summed E-state index contributed by atoms with van der Waals surface area (Å²) in [6.45, 7) is 1.65. The highest BCUT2D eigenvalue weighted by atomic mass is 32.2. The lowest BCUT2D eigenvalue weighted by atomic mass is 10.1. The van der Waals surface area contributed by atoms with Gasteiger partial charge < -0.3 is 9.84 Å². The Morgan fingerprint density at radius 2 is 1.92 bits per heavy atom. The molecule has 3 aromatic rings. The molecule has 0 spiro atoms. The van der Waals surface area contributed by atoms with Crippen molar-refractivity contribution in [2.45, 2.75) is 18.2 Å². The minimum absolute atomic E-state index is 0.00382. The van der Waals surface area contributed by atoms with Gasteiger partial charge in [-0.3, -0.25) is 4.79 Å². The number of Topliss-reactive ketones (excluding diaryl/α,β-unsaturated/α-hetero) is 1. The van der Waals surface area contributed by atoms with Crippen LogP contribution in [0.3, 0.4) is 0 Å². The van der Waals surface area contributed by atoms with Gasteiger partial charge in [0, 0.05) is 11.3 Å². The van der Waals surface area contributed by atoms with Crippen molar-refractivity contribution in [3.8, 4) is 11.4 Å². The van der Waals surface area contributed by atoms with Gasteiger partial charge in [0.25, 0.3) is 0 Å². The Hall–Kier alpha value is -2.71. The molecule has 7 nitrogen and oxygen atoms in total. The molecule has 0 aliphatic carbocycles. The molecule has 0 fully saturated rings. The average Bonchev–Trinajstić information content (AvgIpc) is 3.14. The molecule has 0 radical (unpaired) electrons. The fourth-order valence-corrected chi connectivity index (χ4v) is 2.99. The monoisotopic (exact) mass is 370 g/mol. The molecule has 134 valence electrons. The van der Waals surface area contributed by atoms with Crippen LogP contribution in [0.15, 0.2) is 59.8 Å². The van der Waals surface area contributed by atoms with Crippen molar-refractivity contribution in [3.63, 3.8) is 0 Å². The number of para-hydroxylation sites is 1. The SMILES string of the molecule is CC(=O)c1ccc(OC[C@H](O)CSc2nnnn2-c2ccccc2)cc1. The first-order valence-electron chi connectivity index (χ1n) is 8.02. The normalized spacial score (nSPS) is 11.9. The van der Waals surface area contributed by atoms with Gasteiger partial charge in [-0.2, -0.15) is 4.68 Å². The van der Waals surface area contributed by atoms with E-state index >= 15 is 0 Å². The van der Waals surface area contributed by atoms with Crippen molar-refractivity contribution in [2.24, 2.45) is 0 Å². The number of ketones is 1. The van der Waals surface area contributed by atoms with E-state index in [-0.39, 0.29) is 12.4 Å². The van der Waals surface area contributed by atoms with Gasteiger partial charge in [-0.1, -0.05) is 30.0 Å². The van der Waals surface area contributed by atoms with Crippen LogP contribution in [0.25, 0.3) is 5.69 Å². The van der Waals surface area contributed by atoms with Crippen molar-refractivity contribution in [2.75, 3.05) is 12.4 Å². The van der Waals surface area contributed by atoms with Gasteiger partial charge >= 0.3 is 0 Å². The Morgan fingerprint density at radius 1 is 1.19 bits per heavy atom. The highest BCUT2D eigenvalue weighted by molar-refractivity contribution is 7.99. The maximum absolute atomic E-state index is 11.2. The van der Waals surface area contributed by atoms with Crippen LogP contribution in [0.2, 0.25) is 0 Å². The van der Waals surface area contributed by atoms with Gasteiger partial charge in [0.1, 0.15) is 12.4 Å². The minimum atomic E-state index is -0.687. The molecule has 0 bridgehead atoms. The van der Waals surface area contributed by atoms with E-state index in [0.29, 0.717) is 22.2 Å². The Balaban J connectivity index is 1.51. The van der Waals surface area contributed by atoms with E-state index in [9.17, 15) is 9.90 Å². The van der Waals surface area contributed by atoms with Crippen molar-refractivity contribution in [1.82, 2.24) is 20.2 Å². The smallest absolute Gasteiger partial charge is 0.214 e. The predicted molar refractivity (Wildman–Crippen MR) is 97.8 cm³/mol. The molecule has 0 aliphatic rings. The van der Waals surface area contributed by atoms with Crippen LogP contribution in [0, 0.1) is 0 Å². The summed E-state index contributed by atoms with van der Waals surface area (Å²) < 4.78 is 7.18. The lowest BCUT2D eigenvalue weighted by Crippen LogP contribution is -2.20. The maximum Gasteiger partial charge on any atom is 0.214 e. The van der Waals surface area contributed by atoms with Crippen molar-refractivity contribution >= 4 is 17.5 Å². The second kappa shape index (κ2) is 8.59. The highest BCUT2D eigenvalue weighted by Gasteiger charge is 2.12. The van der Waals surface area contributed by atoms with E-state index in [2.05, 4.69) is 15.5 Å². The molecule has 1 heterocycles. The first kappa shape index (κ1) is 18.1. The molecule has 3 rings (SSSR count). The molecule has 8 heteroatoms. The summed E-state index contributed by atoms with van der Waals surface area (Å²) in [5, 5.41) is 22.4. The topological polar surface area (TPSA) is 90.1 Å². The number of tetrazole rings is 1. The summed E-state index contributed by atoms with van der Waals surface area (Å²) in [4.78, 5) is 11.2. The van der Waals surface area contributed by atoms with Crippen LogP contribution in [-0.4, -0.2) is 49.6 Å². The van der Waals surface area contributed by atoms with Gasteiger partial charge in [0.15, 0.2) is 5.78 Å². The zero-order chi connectivity index (χ0) is 18.4. The van der Waals surface area contributed by atoms with E-state index in [0.717, 1.165) is 5.69 Å². The van der Waals surface area contributed by atoms with Crippen molar-refractivity contribution in [1.29, 1.82) is 0 Å². The minimum Gasteiger partial charge on any atom is -0.491 e. The van der Waals surface area contributed by atoms with E-state index in [1.807, 2.05) is 30.3 Å². The van der Waals surface area contributed by atoms with Crippen LogP contribution >= 0.6 is 11.8 Å². The molecular formula is C18H18N4O3S. The molecule has 0 amide bonds. The van der Waals surface area contributed by atoms with Gasteiger partial charge in [0.2, 0.25) is 5.16 Å². The fraction of sp³-hybridized carbons (Fsp3) is 0.222. The number of nitrogens with zero attached hydrogens (tertiary/aromatic N) is 4. The van der Waals surface area contributed by atoms with E-state index in [1.165, 1.54) is 18.7 Å². The summed E-state index contributed by atoms with van der Waals surface area (Å²) in [6, 6.07) is 16.4.